The topological polar surface area (TPSA) is 94.0 Å². The summed E-state index contributed by atoms with van der Waals surface area (Å²) in [6.07, 6.45) is 5.38. The number of nitrogens with one attached hydrogen (secondary N) is 1. The van der Waals surface area contributed by atoms with Gasteiger partial charge in [-0.15, -0.1) is 0 Å². The van der Waals surface area contributed by atoms with Crippen molar-refractivity contribution in [3.05, 3.63) is 48.8 Å². The molecule has 1 N–H and O–H groups in total. The molecule has 7 heteroatoms. The molecule has 0 saturated heterocycles. The number of aryl methyl sites for hydroxylation is 1. The quantitative estimate of drug-likeness (QED) is 0.772. The summed E-state index contributed by atoms with van der Waals surface area (Å²) in [4.78, 5) is 19.8. The average molecular weight is 284 g/mol. The van der Waals surface area contributed by atoms with Crippen molar-refractivity contribution in [3.8, 4) is 11.6 Å². The van der Waals surface area contributed by atoms with Crippen LogP contribution < -0.4 is 5.32 Å². The van der Waals surface area contributed by atoms with Gasteiger partial charge in [-0.3, -0.25) is 9.78 Å². The van der Waals surface area contributed by atoms with Gasteiger partial charge in [0.05, 0.1) is 6.26 Å². The van der Waals surface area contributed by atoms with Crippen LogP contribution in [0, 0.1) is 0 Å². The van der Waals surface area contributed by atoms with Gasteiger partial charge in [0.2, 0.25) is 17.6 Å². The molecule has 0 aliphatic carbocycles. The van der Waals surface area contributed by atoms with Crippen molar-refractivity contribution in [2.24, 2.45) is 0 Å². The van der Waals surface area contributed by atoms with Gasteiger partial charge in [0.25, 0.3) is 0 Å². The number of aromatic nitrogens is 3. The smallest absolute Gasteiger partial charge is 0.238 e. The third-order valence-electron chi connectivity index (χ3n) is 2.74. The molecular formula is C14H12N4O3. The number of amides is 1. The maximum atomic E-state index is 11.8. The highest BCUT2D eigenvalue weighted by Gasteiger charge is 2.12. The van der Waals surface area contributed by atoms with Gasteiger partial charge in [-0.1, -0.05) is 5.16 Å². The lowest BCUT2D eigenvalue weighted by Gasteiger charge is -2.02. The maximum absolute atomic E-state index is 11.8. The third kappa shape index (κ3) is 3.33. The van der Waals surface area contributed by atoms with Gasteiger partial charge in [0.15, 0.2) is 5.76 Å². The first-order valence-corrected chi connectivity index (χ1v) is 6.37. The van der Waals surface area contributed by atoms with E-state index in [1.807, 2.05) is 0 Å². The molecular weight excluding hydrogens is 272 g/mol. The molecule has 0 saturated carbocycles. The van der Waals surface area contributed by atoms with Crippen LogP contribution in [0.5, 0.6) is 0 Å². The molecule has 3 heterocycles. The first-order valence-electron chi connectivity index (χ1n) is 6.37. The molecule has 0 unspecified atom stereocenters. The van der Waals surface area contributed by atoms with Crippen molar-refractivity contribution in [2.75, 3.05) is 5.32 Å². The molecule has 0 radical (unpaired) electrons. The van der Waals surface area contributed by atoms with Crippen molar-refractivity contribution in [1.29, 1.82) is 0 Å². The number of carbonyl (C=O) groups is 1. The van der Waals surface area contributed by atoms with Gasteiger partial charge in [0, 0.05) is 30.9 Å². The summed E-state index contributed by atoms with van der Waals surface area (Å²) in [5, 5.41) is 6.56. The van der Waals surface area contributed by atoms with Crippen LogP contribution in [0.25, 0.3) is 11.6 Å². The minimum atomic E-state index is -0.126. The zero-order valence-electron chi connectivity index (χ0n) is 11.0. The van der Waals surface area contributed by atoms with Crippen LogP contribution in [0.15, 0.2) is 51.9 Å². The Labute approximate surface area is 120 Å². The standard InChI is InChI=1S/C14H12N4O3/c19-12(16-10-5-7-15-8-6-10)3-4-13-17-14(18-21-13)11-2-1-9-20-11/h1-2,5-9H,3-4H2,(H,15,16,19). The molecule has 1 amide bonds. The summed E-state index contributed by atoms with van der Waals surface area (Å²) in [7, 11) is 0. The van der Waals surface area contributed by atoms with E-state index in [0.717, 1.165) is 0 Å². The summed E-state index contributed by atoms with van der Waals surface area (Å²) in [6, 6.07) is 6.93. The van der Waals surface area contributed by atoms with Crippen LogP contribution in [0.2, 0.25) is 0 Å². The Morgan fingerprint density at radius 1 is 1.24 bits per heavy atom. The van der Waals surface area contributed by atoms with E-state index in [1.165, 1.54) is 6.26 Å². The number of rotatable bonds is 5. The second-order valence-corrected chi connectivity index (χ2v) is 4.27. The van der Waals surface area contributed by atoms with Crippen LogP contribution in [0.4, 0.5) is 5.69 Å². The van der Waals surface area contributed by atoms with Crippen molar-refractivity contribution in [2.45, 2.75) is 12.8 Å². The fourth-order valence-corrected chi connectivity index (χ4v) is 1.74. The number of pyridine rings is 1. The van der Waals surface area contributed by atoms with Crippen molar-refractivity contribution in [1.82, 2.24) is 15.1 Å². The first-order chi connectivity index (χ1) is 10.3. The Morgan fingerprint density at radius 3 is 2.86 bits per heavy atom. The first kappa shape index (κ1) is 13.0. The van der Waals surface area contributed by atoms with Gasteiger partial charge in [-0.25, -0.2) is 0 Å². The van der Waals surface area contributed by atoms with E-state index in [1.54, 1.807) is 36.7 Å². The molecule has 21 heavy (non-hydrogen) atoms. The lowest BCUT2D eigenvalue weighted by molar-refractivity contribution is -0.116. The summed E-state index contributed by atoms with van der Waals surface area (Å²) >= 11 is 0. The fourth-order valence-electron chi connectivity index (χ4n) is 1.74. The lowest BCUT2D eigenvalue weighted by atomic mass is 10.3. The zero-order chi connectivity index (χ0) is 14.5. The van der Waals surface area contributed by atoms with Gasteiger partial charge >= 0.3 is 0 Å². The monoisotopic (exact) mass is 284 g/mol. The Balaban J connectivity index is 1.54. The van der Waals surface area contributed by atoms with Crippen molar-refractivity contribution < 1.29 is 13.7 Å². The average Bonchev–Trinajstić information content (AvgIpc) is 3.17. The Hall–Kier alpha value is -2.96. The summed E-state index contributed by atoms with van der Waals surface area (Å²) in [5.74, 6) is 1.18. The highest BCUT2D eigenvalue weighted by atomic mass is 16.5. The van der Waals surface area contributed by atoms with Gasteiger partial charge in [-0.05, 0) is 24.3 Å². The molecule has 3 rings (SSSR count). The summed E-state index contributed by atoms with van der Waals surface area (Å²) < 4.78 is 10.2. The van der Waals surface area contributed by atoms with E-state index >= 15 is 0 Å². The number of hydrogen-bond donors (Lipinski definition) is 1. The predicted molar refractivity (Wildman–Crippen MR) is 73.2 cm³/mol. The maximum Gasteiger partial charge on any atom is 0.238 e. The van der Waals surface area contributed by atoms with Crippen molar-refractivity contribution >= 4 is 11.6 Å². The van der Waals surface area contributed by atoms with Crippen molar-refractivity contribution in [3.63, 3.8) is 0 Å². The van der Waals surface area contributed by atoms with Crippen LogP contribution in [-0.2, 0) is 11.2 Å². The normalized spacial score (nSPS) is 10.5. The lowest BCUT2D eigenvalue weighted by Crippen LogP contribution is -2.12. The molecule has 3 aromatic heterocycles. The fraction of sp³-hybridized carbons (Fsp3) is 0.143. The molecule has 3 aromatic rings. The molecule has 0 aliphatic heterocycles. The minimum Gasteiger partial charge on any atom is -0.461 e. The Morgan fingerprint density at radius 2 is 2.10 bits per heavy atom. The van der Waals surface area contributed by atoms with Gasteiger partial charge < -0.3 is 14.3 Å². The second kappa shape index (κ2) is 6.00. The van der Waals surface area contributed by atoms with E-state index < -0.39 is 0 Å². The SMILES string of the molecule is O=C(CCc1nc(-c2ccco2)no1)Nc1ccncc1. The Kier molecular flexibility index (Phi) is 3.72. The number of carbonyl (C=O) groups excluding carboxylic acids is 1. The molecule has 0 bridgehead atoms. The predicted octanol–water partition coefficient (Wildman–Crippen LogP) is 2.30. The van der Waals surface area contributed by atoms with Crippen LogP contribution >= 0.6 is 0 Å². The van der Waals surface area contributed by atoms with Gasteiger partial charge in [0.1, 0.15) is 0 Å². The van der Waals surface area contributed by atoms with Crippen LogP contribution in [-0.4, -0.2) is 21.0 Å². The number of anilines is 1. The summed E-state index contributed by atoms with van der Waals surface area (Å²) in [5.41, 5.74) is 0.705. The van der Waals surface area contributed by atoms with Gasteiger partial charge in [-0.2, -0.15) is 4.98 Å². The van der Waals surface area contributed by atoms with E-state index in [9.17, 15) is 4.79 Å². The van der Waals surface area contributed by atoms with E-state index in [4.69, 9.17) is 8.94 Å². The van der Waals surface area contributed by atoms with E-state index in [-0.39, 0.29) is 12.3 Å². The highest BCUT2D eigenvalue weighted by molar-refractivity contribution is 5.90. The largest absolute Gasteiger partial charge is 0.461 e. The number of furan rings is 1. The second-order valence-electron chi connectivity index (χ2n) is 4.27. The molecule has 0 fully saturated rings. The van der Waals surface area contributed by atoms with E-state index in [2.05, 4.69) is 20.4 Å². The molecule has 0 atom stereocenters. The van der Waals surface area contributed by atoms with E-state index in [0.29, 0.717) is 29.6 Å². The molecule has 0 aliphatic rings. The molecule has 7 nitrogen and oxygen atoms in total. The van der Waals surface area contributed by atoms with Crippen LogP contribution in [0.3, 0.4) is 0 Å². The Bertz CT molecular complexity index is 707. The highest BCUT2D eigenvalue weighted by Crippen LogP contribution is 2.16. The summed E-state index contributed by atoms with van der Waals surface area (Å²) in [6.45, 7) is 0. The molecule has 106 valence electrons. The molecule has 0 spiro atoms. The zero-order valence-corrected chi connectivity index (χ0v) is 11.0. The van der Waals surface area contributed by atoms with Crippen LogP contribution in [0.1, 0.15) is 12.3 Å². The third-order valence-corrected chi connectivity index (χ3v) is 2.74. The minimum absolute atomic E-state index is 0.126. The molecule has 0 aromatic carbocycles. The number of nitrogens with zero attached hydrogens (tertiary/aromatic N) is 3. The number of hydrogen-bond acceptors (Lipinski definition) is 6.